The normalized spacial score (nSPS) is 15.3. The van der Waals surface area contributed by atoms with Crippen molar-refractivity contribution in [3.63, 3.8) is 0 Å². The van der Waals surface area contributed by atoms with Crippen molar-refractivity contribution in [3.8, 4) is 0 Å². The van der Waals surface area contributed by atoms with E-state index in [1.54, 1.807) is 4.90 Å². The fourth-order valence-electron chi connectivity index (χ4n) is 4.84. The Hall–Kier alpha value is -4.10. The van der Waals surface area contributed by atoms with Gasteiger partial charge in [-0.1, -0.05) is 24.3 Å². The molecule has 0 atom stereocenters. The second-order valence-electron chi connectivity index (χ2n) is 9.87. The summed E-state index contributed by atoms with van der Waals surface area (Å²) in [5, 5.41) is 10.8. The van der Waals surface area contributed by atoms with Crippen LogP contribution < -0.4 is 15.1 Å². The van der Waals surface area contributed by atoms with Crippen molar-refractivity contribution >= 4 is 23.6 Å². The Balaban J connectivity index is 0.000000493. The minimum Gasteiger partial charge on any atom is -0.475 e. The maximum atomic E-state index is 13.6. The molecule has 3 heterocycles. The third kappa shape index (κ3) is 7.16. The van der Waals surface area contributed by atoms with E-state index in [9.17, 15) is 26.3 Å². The standard InChI is InChI=1S/C25H27F3N6.C2HF3O2/c1-33(2)24-31-21-10-13-34(23-20(25(26,27)28)8-5-11-29-23)12-9-19(21)22(32-24)30-18-14-16-6-3-4-7-17(16)15-18;3-2(4,5)1(6)7/h3-8,11,18H,9-10,12-15H2,1-2H3,(H,30,31,32);(H,6,7). The molecule has 0 amide bonds. The number of carbonyl (C=O) groups is 1. The molecule has 14 heteroatoms. The lowest BCUT2D eigenvalue weighted by Crippen LogP contribution is -2.29. The number of benzene rings is 1. The summed E-state index contributed by atoms with van der Waals surface area (Å²) < 4.78 is 72.6. The van der Waals surface area contributed by atoms with E-state index in [0.717, 1.165) is 36.0 Å². The maximum Gasteiger partial charge on any atom is 0.490 e. The highest BCUT2D eigenvalue weighted by Gasteiger charge is 2.38. The van der Waals surface area contributed by atoms with E-state index in [0.29, 0.717) is 31.9 Å². The predicted octanol–water partition coefficient (Wildman–Crippen LogP) is 4.77. The zero-order valence-corrected chi connectivity index (χ0v) is 22.2. The Labute approximate surface area is 232 Å². The summed E-state index contributed by atoms with van der Waals surface area (Å²) in [6.45, 7) is 0.822. The van der Waals surface area contributed by atoms with Crippen molar-refractivity contribution in [3.05, 3.63) is 70.5 Å². The largest absolute Gasteiger partial charge is 0.490 e. The number of nitrogens with one attached hydrogen (secondary N) is 1. The summed E-state index contributed by atoms with van der Waals surface area (Å²) >= 11 is 0. The number of anilines is 3. The summed E-state index contributed by atoms with van der Waals surface area (Å²) in [5.41, 5.74) is 3.84. The van der Waals surface area contributed by atoms with Gasteiger partial charge in [0.2, 0.25) is 5.95 Å². The van der Waals surface area contributed by atoms with Gasteiger partial charge in [-0.15, -0.1) is 0 Å². The SMILES string of the molecule is CN(C)c1nc2c(c(NC3Cc4ccccc4C3)n1)CCN(c1ncccc1C(F)(F)F)CC2.O=C(O)C(F)(F)F. The van der Waals surface area contributed by atoms with Crippen LogP contribution >= 0.6 is 0 Å². The molecule has 0 saturated heterocycles. The van der Waals surface area contributed by atoms with E-state index in [1.165, 1.54) is 23.4 Å². The highest BCUT2D eigenvalue weighted by atomic mass is 19.4. The first-order valence-corrected chi connectivity index (χ1v) is 12.7. The third-order valence-corrected chi connectivity index (χ3v) is 6.76. The maximum absolute atomic E-state index is 13.6. The van der Waals surface area contributed by atoms with Gasteiger partial charge in [0.05, 0.1) is 11.3 Å². The number of carboxylic acid groups (broad SMARTS) is 1. The lowest BCUT2D eigenvalue weighted by atomic mass is 10.1. The molecule has 1 aliphatic carbocycles. The highest BCUT2D eigenvalue weighted by Crippen LogP contribution is 2.36. The number of hydrogen-bond acceptors (Lipinski definition) is 7. The average molecular weight is 583 g/mol. The van der Waals surface area contributed by atoms with Crippen LogP contribution in [0.3, 0.4) is 0 Å². The number of fused-ring (bicyclic) bond motifs is 2. The first kappa shape index (κ1) is 29.9. The van der Waals surface area contributed by atoms with Crippen LogP contribution in [-0.2, 0) is 36.7 Å². The van der Waals surface area contributed by atoms with Gasteiger partial charge in [0.15, 0.2) is 0 Å². The zero-order chi connectivity index (χ0) is 29.9. The van der Waals surface area contributed by atoms with Crippen LogP contribution in [0.25, 0.3) is 0 Å². The fourth-order valence-corrected chi connectivity index (χ4v) is 4.84. The van der Waals surface area contributed by atoms with Crippen LogP contribution in [0.15, 0.2) is 42.6 Å². The summed E-state index contributed by atoms with van der Waals surface area (Å²) in [6.07, 6.45) is -5.23. The average Bonchev–Trinajstić information content (AvgIpc) is 3.18. The fraction of sp³-hybridized carbons (Fsp3) is 0.407. The van der Waals surface area contributed by atoms with Crippen LogP contribution in [0.5, 0.6) is 0 Å². The second-order valence-corrected chi connectivity index (χ2v) is 9.87. The lowest BCUT2D eigenvalue weighted by molar-refractivity contribution is -0.192. The van der Waals surface area contributed by atoms with Crippen molar-refractivity contribution in [1.29, 1.82) is 0 Å². The Bertz CT molecular complexity index is 1370. The topological polar surface area (TPSA) is 94.5 Å². The quantitative estimate of drug-likeness (QED) is 0.425. The minimum absolute atomic E-state index is 0.0237. The number of alkyl halides is 6. The van der Waals surface area contributed by atoms with Gasteiger partial charge in [-0.3, -0.25) is 0 Å². The molecule has 2 aromatic heterocycles. The van der Waals surface area contributed by atoms with Crippen molar-refractivity contribution in [2.24, 2.45) is 0 Å². The number of halogens is 6. The van der Waals surface area contributed by atoms with E-state index in [4.69, 9.17) is 19.9 Å². The van der Waals surface area contributed by atoms with Gasteiger partial charge < -0.3 is 20.2 Å². The highest BCUT2D eigenvalue weighted by molar-refractivity contribution is 5.73. The molecule has 5 rings (SSSR count). The molecule has 0 unspecified atom stereocenters. The molecule has 41 heavy (non-hydrogen) atoms. The van der Waals surface area contributed by atoms with Gasteiger partial charge in [0.25, 0.3) is 0 Å². The van der Waals surface area contributed by atoms with Crippen LogP contribution in [0.4, 0.5) is 43.9 Å². The molecule has 0 saturated carbocycles. The Morgan fingerprint density at radius 2 is 1.59 bits per heavy atom. The molecule has 0 bridgehead atoms. The molecule has 8 nitrogen and oxygen atoms in total. The molecule has 2 N–H and O–H groups in total. The number of nitrogens with zero attached hydrogens (tertiary/aromatic N) is 5. The van der Waals surface area contributed by atoms with Gasteiger partial charge in [-0.2, -0.15) is 31.3 Å². The number of aromatic nitrogens is 3. The Kier molecular flexibility index (Phi) is 8.59. The van der Waals surface area contributed by atoms with Crippen molar-refractivity contribution in [2.45, 2.75) is 44.1 Å². The number of rotatable bonds is 4. The summed E-state index contributed by atoms with van der Waals surface area (Å²) in [6, 6.07) is 11.1. The van der Waals surface area contributed by atoms with Gasteiger partial charge in [-0.25, -0.2) is 14.8 Å². The Morgan fingerprint density at radius 1 is 0.976 bits per heavy atom. The number of aliphatic carboxylic acids is 1. The first-order chi connectivity index (χ1) is 19.2. The Morgan fingerprint density at radius 3 is 2.15 bits per heavy atom. The molecule has 1 aliphatic heterocycles. The molecule has 0 spiro atoms. The minimum atomic E-state index is -5.08. The van der Waals surface area contributed by atoms with E-state index >= 15 is 0 Å². The van der Waals surface area contributed by atoms with Gasteiger partial charge >= 0.3 is 18.3 Å². The number of carboxylic acids is 1. The van der Waals surface area contributed by atoms with Gasteiger partial charge in [0, 0.05) is 51.4 Å². The van der Waals surface area contributed by atoms with Crippen molar-refractivity contribution in [2.75, 3.05) is 42.3 Å². The summed E-state index contributed by atoms with van der Waals surface area (Å²) in [5.74, 6) is -1.40. The predicted molar refractivity (Wildman–Crippen MR) is 140 cm³/mol. The van der Waals surface area contributed by atoms with E-state index in [1.807, 2.05) is 19.0 Å². The van der Waals surface area contributed by atoms with E-state index in [2.05, 4.69) is 34.6 Å². The van der Waals surface area contributed by atoms with Crippen LogP contribution in [0.1, 0.15) is 27.9 Å². The third-order valence-electron chi connectivity index (χ3n) is 6.76. The zero-order valence-electron chi connectivity index (χ0n) is 22.2. The molecule has 2 aliphatic rings. The number of pyridine rings is 1. The smallest absolute Gasteiger partial charge is 0.475 e. The van der Waals surface area contributed by atoms with Crippen molar-refractivity contribution in [1.82, 2.24) is 15.0 Å². The van der Waals surface area contributed by atoms with E-state index in [-0.39, 0.29) is 11.9 Å². The second kappa shape index (κ2) is 11.8. The van der Waals surface area contributed by atoms with Gasteiger partial charge in [0.1, 0.15) is 11.6 Å². The molecule has 1 aromatic carbocycles. The first-order valence-electron chi connectivity index (χ1n) is 12.7. The molecule has 0 fully saturated rings. The monoisotopic (exact) mass is 582 g/mol. The van der Waals surface area contributed by atoms with Crippen molar-refractivity contribution < 1.29 is 36.2 Å². The van der Waals surface area contributed by atoms with Gasteiger partial charge in [-0.05, 0) is 42.5 Å². The lowest BCUT2D eigenvalue weighted by Gasteiger charge is -2.24. The molecular weight excluding hydrogens is 554 g/mol. The molecular formula is C27H28F6N6O2. The summed E-state index contributed by atoms with van der Waals surface area (Å²) in [7, 11) is 3.78. The molecule has 220 valence electrons. The van der Waals surface area contributed by atoms with E-state index < -0.39 is 23.9 Å². The van der Waals surface area contributed by atoms with Crippen LogP contribution in [0, 0.1) is 0 Å². The molecule has 0 radical (unpaired) electrons. The van der Waals surface area contributed by atoms with Crippen LogP contribution in [0.2, 0.25) is 0 Å². The molecule has 3 aromatic rings. The van der Waals surface area contributed by atoms with Crippen LogP contribution in [-0.4, -0.2) is 65.4 Å². The summed E-state index contributed by atoms with van der Waals surface area (Å²) in [4.78, 5) is 26.1. The number of hydrogen-bond donors (Lipinski definition) is 2.